The van der Waals surface area contributed by atoms with Gasteiger partial charge >= 0.3 is 0 Å². The Bertz CT molecular complexity index is 687. The molecule has 1 unspecified atom stereocenters. The SMILES string of the molecule is CC(CNC(=O)c1ccc(N2CCN(C(=O)C3CC3)CC2)cc1)N1CCCC1. The second-order valence-corrected chi connectivity index (χ2v) is 8.44. The number of hydrogen-bond donors (Lipinski definition) is 1. The van der Waals surface area contributed by atoms with Gasteiger partial charge in [0.25, 0.3) is 5.91 Å². The first-order valence-corrected chi connectivity index (χ1v) is 10.8. The summed E-state index contributed by atoms with van der Waals surface area (Å²) in [5.74, 6) is 0.643. The molecule has 0 bridgehead atoms. The van der Waals surface area contributed by atoms with E-state index in [1.165, 1.54) is 12.8 Å². The van der Waals surface area contributed by atoms with Crippen molar-refractivity contribution in [3.05, 3.63) is 29.8 Å². The van der Waals surface area contributed by atoms with Crippen LogP contribution in [0.25, 0.3) is 0 Å². The Balaban J connectivity index is 1.25. The van der Waals surface area contributed by atoms with Crippen LogP contribution in [-0.2, 0) is 4.79 Å². The zero-order valence-electron chi connectivity index (χ0n) is 16.9. The minimum Gasteiger partial charge on any atom is -0.368 e. The molecule has 6 nitrogen and oxygen atoms in total. The van der Waals surface area contributed by atoms with Crippen molar-refractivity contribution in [2.75, 3.05) is 50.7 Å². The Morgan fingerprint density at radius 1 is 1.00 bits per heavy atom. The normalized spacial score (nSPS) is 21.6. The number of rotatable bonds is 6. The van der Waals surface area contributed by atoms with Crippen LogP contribution in [0, 0.1) is 5.92 Å². The zero-order chi connectivity index (χ0) is 19.5. The van der Waals surface area contributed by atoms with Crippen LogP contribution in [0.5, 0.6) is 0 Å². The van der Waals surface area contributed by atoms with Crippen LogP contribution in [0.4, 0.5) is 5.69 Å². The van der Waals surface area contributed by atoms with Gasteiger partial charge in [-0.1, -0.05) is 0 Å². The molecule has 1 aromatic carbocycles. The van der Waals surface area contributed by atoms with E-state index in [2.05, 4.69) is 22.0 Å². The van der Waals surface area contributed by atoms with Gasteiger partial charge < -0.3 is 15.1 Å². The van der Waals surface area contributed by atoms with Gasteiger partial charge in [0.15, 0.2) is 0 Å². The van der Waals surface area contributed by atoms with Crippen LogP contribution in [0.15, 0.2) is 24.3 Å². The molecule has 0 spiro atoms. The number of hydrogen-bond acceptors (Lipinski definition) is 4. The third-order valence-corrected chi connectivity index (χ3v) is 6.33. The van der Waals surface area contributed by atoms with Gasteiger partial charge in [0.2, 0.25) is 5.91 Å². The van der Waals surface area contributed by atoms with Crippen LogP contribution in [-0.4, -0.2) is 73.5 Å². The van der Waals surface area contributed by atoms with Gasteiger partial charge in [-0.05, 0) is 70.0 Å². The minimum absolute atomic E-state index is 0.00236. The van der Waals surface area contributed by atoms with Crippen LogP contribution >= 0.6 is 0 Å². The predicted octanol–water partition coefficient (Wildman–Crippen LogP) is 1.96. The van der Waals surface area contributed by atoms with Crippen molar-refractivity contribution in [1.82, 2.24) is 15.1 Å². The van der Waals surface area contributed by atoms with Crippen molar-refractivity contribution >= 4 is 17.5 Å². The average molecular weight is 385 g/mol. The number of benzene rings is 1. The molecule has 4 rings (SSSR count). The standard InChI is InChI=1S/C22H32N4O2/c1-17(24-10-2-3-11-24)16-23-21(27)18-6-8-20(9-7-18)25-12-14-26(15-13-25)22(28)19-4-5-19/h6-9,17,19H,2-5,10-16H2,1H3,(H,23,27). The van der Waals surface area contributed by atoms with Crippen molar-refractivity contribution in [1.29, 1.82) is 0 Å². The highest BCUT2D eigenvalue weighted by Gasteiger charge is 2.34. The van der Waals surface area contributed by atoms with Gasteiger partial charge in [0.05, 0.1) is 0 Å². The molecule has 1 aliphatic carbocycles. The van der Waals surface area contributed by atoms with Crippen molar-refractivity contribution < 1.29 is 9.59 Å². The van der Waals surface area contributed by atoms with Gasteiger partial charge in [-0.3, -0.25) is 14.5 Å². The van der Waals surface area contributed by atoms with Gasteiger partial charge in [0.1, 0.15) is 0 Å². The molecule has 2 aliphatic heterocycles. The van der Waals surface area contributed by atoms with Crippen molar-refractivity contribution in [3.63, 3.8) is 0 Å². The third kappa shape index (κ3) is 4.49. The molecule has 2 amide bonds. The van der Waals surface area contributed by atoms with Gasteiger partial charge in [-0.25, -0.2) is 0 Å². The topological polar surface area (TPSA) is 55.9 Å². The first kappa shape index (κ1) is 19.2. The maximum absolute atomic E-state index is 12.5. The summed E-state index contributed by atoms with van der Waals surface area (Å²) in [4.78, 5) is 31.4. The van der Waals surface area contributed by atoms with Crippen LogP contribution in [0.2, 0.25) is 0 Å². The number of carbonyl (C=O) groups is 2. The number of amides is 2. The zero-order valence-corrected chi connectivity index (χ0v) is 16.9. The molecule has 28 heavy (non-hydrogen) atoms. The number of carbonyl (C=O) groups excluding carboxylic acids is 2. The summed E-state index contributed by atoms with van der Waals surface area (Å²) in [5, 5.41) is 3.07. The Morgan fingerprint density at radius 3 is 2.25 bits per heavy atom. The summed E-state index contributed by atoms with van der Waals surface area (Å²) in [5.41, 5.74) is 1.83. The smallest absolute Gasteiger partial charge is 0.251 e. The summed E-state index contributed by atoms with van der Waals surface area (Å²) in [6, 6.07) is 8.26. The van der Waals surface area contributed by atoms with E-state index >= 15 is 0 Å². The molecule has 1 aromatic rings. The number of nitrogens with one attached hydrogen (secondary N) is 1. The fourth-order valence-corrected chi connectivity index (χ4v) is 4.25. The Hall–Kier alpha value is -2.08. The minimum atomic E-state index is -0.00236. The molecule has 0 radical (unpaired) electrons. The Morgan fingerprint density at radius 2 is 1.64 bits per heavy atom. The maximum atomic E-state index is 12.5. The second kappa shape index (κ2) is 8.52. The predicted molar refractivity (Wildman–Crippen MR) is 111 cm³/mol. The molecule has 2 saturated heterocycles. The summed E-state index contributed by atoms with van der Waals surface area (Å²) in [7, 11) is 0. The molecule has 1 atom stereocenters. The fraction of sp³-hybridized carbons (Fsp3) is 0.636. The third-order valence-electron chi connectivity index (χ3n) is 6.33. The molecular weight excluding hydrogens is 352 g/mol. The van der Waals surface area contributed by atoms with Gasteiger partial charge in [-0.2, -0.15) is 0 Å². The molecule has 2 heterocycles. The molecule has 1 N–H and O–H groups in total. The highest BCUT2D eigenvalue weighted by molar-refractivity contribution is 5.94. The molecule has 1 saturated carbocycles. The quantitative estimate of drug-likeness (QED) is 0.815. The highest BCUT2D eigenvalue weighted by atomic mass is 16.2. The van der Waals surface area contributed by atoms with Crippen LogP contribution in [0.3, 0.4) is 0 Å². The molecule has 3 fully saturated rings. The van der Waals surface area contributed by atoms with Crippen LogP contribution in [0.1, 0.15) is 43.0 Å². The first-order valence-electron chi connectivity index (χ1n) is 10.8. The summed E-state index contributed by atoms with van der Waals surface area (Å²) in [6.07, 6.45) is 4.67. The van der Waals surface area contributed by atoms with Gasteiger partial charge in [-0.15, -0.1) is 0 Å². The second-order valence-electron chi connectivity index (χ2n) is 8.44. The van der Waals surface area contributed by atoms with E-state index in [9.17, 15) is 9.59 Å². The van der Waals surface area contributed by atoms with Gasteiger partial charge in [0, 0.05) is 55.9 Å². The van der Waals surface area contributed by atoms with Crippen molar-refractivity contribution in [2.45, 2.75) is 38.6 Å². The molecule has 152 valence electrons. The van der Waals surface area contributed by atoms with Crippen LogP contribution < -0.4 is 10.2 Å². The largest absolute Gasteiger partial charge is 0.368 e. The molecular formula is C22H32N4O2. The Labute approximate surface area is 167 Å². The lowest BCUT2D eigenvalue weighted by Crippen LogP contribution is -2.49. The molecule has 3 aliphatic rings. The lowest BCUT2D eigenvalue weighted by Gasteiger charge is -2.36. The molecule has 0 aromatic heterocycles. The van der Waals surface area contributed by atoms with E-state index in [0.29, 0.717) is 30.0 Å². The number of nitrogens with zero attached hydrogens (tertiary/aromatic N) is 3. The van der Waals surface area contributed by atoms with E-state index in [1.54, 1.807) is 0 Å². The molecule has 6 heteroatoms. The van der Waals surface area contributed by atoms with E-state index in [-0.39, 0.29) is 5.91 Å². The number of likely N-dealkylation sites (tertiary alicyclic amines) is 1. The van der Waals surface area contributed by atoms with E-state index in [4.69, 9.17) is 0 Å². The van der Waals surface area contributed by atoms with Crippen molar-refractivity contribution in [3.8, 4) is 0 Å². The average Bonchev–Trinajstić information content (AvgIpc) is 3.45. The maximum Gasteiger partial charge on any atom is 0.251 e. The number of piperazine rings is 1. The lowest BCUT2D eigenvalue weighted by atomic mass is 10.1. The highest BCUT2D eigenvalue weighted by Crippen LogP contribution is 2.31. The Kier molecular flexibility index (Phi) is 5.85. The summed E-state index contributed by atoms with van der Waals surface area (Å²) in [6.45, 7) is 8.48. The van der Waals surface area contributed by atoms with E-state index < -0.39 is 0 Å². The number of anilines is 1. The van der Waals surface area contributed by atoms with E-state index in [0.717, 1.165) is 57.8 Å². The monoisotopic (exact) mass is 384 g/mol. The lowest BCUT2D eigenvalue weighted by molar-refractivity contribution is -0.132. The van der Waals surface area contributed by atoms with E-state index in [1.807, 2.05) is 29.2 Å². The fourth-order valence-electron chi connectivity index (χ4n) is 4.25. The summed E-state index contributed by atoms with van der Waals surface area (Å²) >= 11 is 0. The van der Waals surface area contributed by atoms with Crippen molar-refractivity contribution in [2.24, 2.45) is 5.92 Å². The first-order chi connectivity index (χ1) is 13.6. The summed E-state index contributed by atoms with van der Waals surface area (Å²) < 4.78 is 0.